The molecule has 2 bridgehead atoms. The van der Waals surface area contributed by atoms with Gasteiger partial charge in [0.25, 0.3) is 0 Å². The number of allylic oxidation sites excluding steroid dienone is 4. The normalized spacial score (nSPS) is 26.8. The Balaban J connectivity index is 1.91. The topological polar surface area (TPSA) is 25.8 Å². The minimum atomic E-state index is -0.0450. The maximum atomic E-state index is 4.61. The van der Waals surface area contributed by atoms with Gasteiger partial charge in [-0.2, -0.15) is 0 Å². The van der Waals surface area contributed by atoms with Gasteiger partial charge in [-0.25, -0.2) is 0 Å². The molecule has 0 fully saturated rings. The van der Waals surface area contributed by atoms with Crippen molar-refractivity contribution < 1.29 is 0 Å². The first-order valence-corrected chi connectivity index (χ1v) is 7.18. The third-order valence-corrected chi connectivity index (χ3v) is 5.04. The molecule has 2 heteroatoms. The maximum Gasteiger partial charge on any atom is 0.0933 e. The van der Waals surface area contributed by atoms with Gasteiger partial charge in [0.05, 0.1) is 11.4 Å². The summed E-state index contributed by atoms with van der Waals surface area (Å²) >= 11 is 0. The second-order valence-corrected chi connectivity index (χ2v) is 5.92. The van der Waals surface area contributed by atoms with Crippen molar-refractivity contribution in [3.05, 3.63) is 72.1 Å². The van der Waals surface area contributed by atoms with E-state index in [1.54, 1.807) is 0 Å². The number of pyridine rings is 2. The van der Waals surface area contributed by atoms with Crippen LogP contribution >= 0.6 is 0 Å². The summed E-state index contributed by atoms with van der Waals surface area (Å²) in [5, 5.41) is 0. The van der Waals surface area contributed by atoms with Crippen LogP contribution in [0.2, 0.25) is 0 Å². The van der Waals surface area contributed by atoms with Crippen LogP contribution in [0.1, 0.15) is 17.5 Å². The molecule has 2 aromatic rings. The predicted molar refractivity (Wildman–Crippen MR) is 78.1 cm³/mol. The number of hydrogen-bond donors (Lipinski definition) is 0. The quantitative estimate of drug-likeness (QED) is 0.676. The summed E-state index contributed by atoms with van der Waals surface area (Å²) in [5.41, 5.74) is 4.72. The minimum absolute atomic E-state index is 0.0450. The van der Waals surface area contributed by atoms with Crippen LogP contribution < -0.4 is 0 Å². The van der Waals surface area contributed by atoms with Gasteiger partial charge in [-0.3, -0.25) is 9.97 Å². The molecule has 0 saturated carbocycles. The summed E-state index contributed by atoms with van der Waals surface area (Å²) in [7, 11) is 0. The van der Waals surface area contributed by atoms with Crippen molar-refractivity contribution in [2.75, 3.05) is 0 Å². The summed E-state index contributed by atoms with van der Waals surface area (Å²) in [6, 6.07) is 8.54. The van der Waals surface area contributed by atoms with Crippen molar-refractivity contribution in [3.8, 4) is 11.4 Å². The van der Waals surface area contributed by atoms with E-state index in [-0.39, 0.29) is 5.41 Å². The third-order valence-electron chi connectivity index (χ3n) is 5.04. The van der Waals surface area contributed by atoms with Gasteiger partial charge in [0.1, 0.15) is 0 Å². The Morgan fingerprint density at radius 3 is 2.30 bits per heavy atom. The Labute approximate surface area is 117 Å². The minimum Gasteiger partial charge on any atom is -0.254 e. The van der Waals surface area contributed by atoms with Crippen molar-refractivity contribution in [1.29, 1.82) is 0 Å². The lowest BCUT2D eigenvalue weighted by atomic mass is 9.65. The average Bonchev–Trinajstić information content (AvgIpc) is 3.03. The van der Waals surface area contributed by atoms with Crippen molar-refractivity contribution in [2.45, 2.75) is 11.8 Å². The molecule has 3 aliphatic rings. The van der Waals surface area contributed by atoms with Crippen molar-refractivity contribution in [2.24, 2.45) is 11.8 Å². The Morgan fingerprint density at radius 2 is 1.60 bits per heavy atom. The van der Waals surface area contributed by atoms with E-state index in [0.717, 1.165) is 11.4 Å². The van der Waals surface area contributed by atoms with Gasteiger partial charge in [-0.15, -0.1) is 0 Å². The smallest absolute Gasteiger partial charge is 0.0933 e. The van der Waals surface area contributed by atoms with Gasteiger partial charge in [-0.1, -0.05) is 36.4 Å². The lowest BCUT2D eigenvalue weighted by Gasteiger charge is -2.36. The Morgan fingerprint density at radius 1 is 0.900 bits per heavy atom. The van der Waals surface area contributed by atoms with E-state index in [4.69, 9.17) is 0 Å². The SMILES string of the molecule is C1=C[C@H]2C[C@@H]1C=CC21c2cccnc2-c2ncccc21. The fraction of sp³-hybridized carbons (Fsp3) is 0.222. The molecule has 2 heterocycles. The van der Waals surface area contributed by atoms with Crippen LogP contribution in [0.3, 0.4) is 0 Å². The van der Waals surface area contributed by atoms with Crippen molar-refractivity contribution in [1.82, 2.24) is 9.97 Å². The van der Waals surface area contributed by atoms with Gasteiger partial charge >= 0.3 is 0 Å². The number of aromatic nitrogens is 2. The Bertz CT molecular complexity index is 727. The van der Waals surface area contributed by atoms with Gasteiger partial charge in [0, 0.05) is 17.8 Å². The number of fused-ring (bicyclic) bond motifs is 8. The average molecular weight is 258 g/mol. The highest BCUT2D eigenvalue weighted by atomic mass is 14.8. The number of hydrogen-bond acceptors (Lipinski definition) is 2. The first-order chi connectivity index (χ1) is 9.89. The van der Waals surface area contributed by atoms with Gasteiger partial charge < -0.3 is 0 Å². The molecule has 0 N–H and O–H groups in total. The molecular formula is C18H14N2. The molecule has 0 unspecified atom stereocenters. The highest BCUT2D eigenvalue weighted by Crippen LogP contribution is 2.57. The van der Waals surface area contributed by atoms with E-state index in [1.165, 1.54) is 17.5 Å². The second kappa shape index (κ2) is 3.45. The molecule has 0 aliphatic heterocycles. The zero-order valence-corrected chi connectivity index (χ0v) is 11.0. The molecule has 96 valence electrons. The van der Waals surface area contributed by atoms with E-state index in [2.05, 4.69) is 46.4 Å². The maximum absolute atomic E-state index is 4.61. The molecule has 0 aromatic carbocycles. The molecular weight excluding hydrogens is 244 g/mol. The predicted octanol–water partition coefficient (Wildman–Crippen LogP) is 3.51. The zero-order chi connectivity index (χ0) is 13.2. The van der Waals surface area contributed by atoms with Crippen LogP contribution in [0.5, 0.6) is 0 Å². The van der Waals surface area contributed by atoms with Crippen molar-refractivity contribution >= 4 is 0 Å². The highest BCUT2D eigenvalue weighted by Gasteiger charge is 2.50. The zero-order valence-electron chi connectivity index (χ0n) is 11.0. The molecule has 3 aliphatic carbocycles. The van der Waals surface area contributed by atoms with Crippen LogP contribution in [0.15, 0.2) is 61.0 Å². The number of rotatable bonds is 0. The fourth-order valence-electron chi connectivity index (χ4n) is 4.19. The van der Waals surface area contributed by atoms with E-state index < -0.39 is 0 Å². The van der Waals surface area contributed by atoms with Gasteiger partial charge in [0.15, 0.2) is 0 Å². The third kappa shape index (κ3) is 1.07. The fourth-order valence-corrected chi connectivity index (χ4v) is 4.19. The Kier molecular flexibility index (Phi) is 1.82. The molecule has 0 amide bonds. The standard InChI is InChI=1S/C18H14N2/c1-3-14-16(19-9-1)17-15(4-2-10-20-17)18(14)8-7-12-5-6-13(18)11-12/h1-10,12-13H,11H2/t12-,13-/m0/s1. The molecule has 0 radical (unpaired) electrons. The van der Waals surface area contributed by atoms with Crippen LogP contribution in [0.4, 0.5) is 0 Å². The first kappa shape index (κ1) is 10.6. The largest absolute Gasteiger partial charge is 0.254 e. The molecule has 2 nitrogen and oxygen atoms in total. The molecule has 1 spiro atoms. The van der Waals surface area contributed by atoms with Gasteiger partial charge in [0.2, 0.25) is 0 Å². The summed E-state index contributed by atoms with van der Waals surface area (Å²) in [4.78, 5) is 9.22. The molecule has 2 atom stereocenters. The highest BCUT2D eigenvalue weighted by molar-refractivity contribution is 5.77. The van der Waals surface area contributed by atoms with E-state index in [1.807, 2.05) is 24.5 Å². The molecule has 5 rings (SSSR count). The lowest BCUT2D eigenvalue weighted by molar-refractivity contribution is 0.417. The summed E-state index contributed by atoms with van der Waals surface area (Å²) < 4.78 is 0. The van der Waals surface area contributed by atoms with Crippen molar-refractivity contribution in [3.63, 3.8) is 0 Å². The van der Waals surface area contributed by atoms with E-state index in [0.29, 0.717) is 11.8 Å². The summed E-state index contributed by atoms with van der Waals surface area (Å²) in [6.45, 7) is 0. The summed E-state index contributed by atoms with van der Waals surface area (Å²) in [5.74, 6) is 1.15. The summed E-state index contributed by atoms with van der Waals surface area (Å²) in [6.07, 6.45) is 14.5. The lowest BCUT2D eigenvalue weighted by Crippen LogP contribution is -2.33. The van der Waals surface area contributed by atoms with E-state index in [9.17, 15) is 0 Å². The van der Waals surface area contributed by atoms with Crippen LogP contribution in [-0.2, 0) is 5.41 Å². The van der Waals surface area contributed by atoms with E-state index >= 15 is 0 Å². The van der Waals surface area contributed by atoms with Gasteiger partial charge in [-0.05, 0) is 41.5 Å². The van der Waals surface area contributed by atoms with Crippen LogP contribution in [-0.4, -0.2) is 9.97 Å². The number of nitrogens with zero attached hydrogens (tertiary/aromatic N) is 2. The molecule has 0 saturated heterocycles. The molecule has 20 heavy (non-hydrogen) atoms. The van der Waals surface area contributed by atoms with Crippen LogP contribution in [0.25, 0.3) is 11.4 Å². The Hall–Kier alpha value is -2.22. The second-order valence-electron chi connectivity index (χ2n) is 5.92. The van der Waals surface area contributed by atoms with Crippen LogP contribution in [0, 0.1) is 11.8 Å². The molecule has 2 aromatic heterocycles. The monoisotopic (exact) mass is 258 g/mol. The first-order valence-electron chi connectivity index (χ1n) is 7.18.